The highest BCUT2D eigenvalue weighted by Crippen LogP contribution is 2.28. The van der Waals surface area contributed by atoms with Crippen molar-refractivity contribution in [3.63, 3.8) is 0 Å². The van der Waals surface area contributed by atoms with Crippen LogP contribution in [0.3, 0.4) is 0 Å². The van der Waals surface area contributed by atoms with E-state index in [4.69, 9.17) is 0 Å². The van der Waals surface area contributed by atoms with E-state index in [-0.39, 0.29) is 5.56 Å². The van der Waals surface area contributed by atoms with Crippen molar-refractivity contribution in [2.24, 2.45) is 7.05 Å². The van der Waals surface area contributed by atoms with Gasteiger partial charge >= 0.3 is 0 Å². The number of benzene rings is 2. The minimum Gasteiger partial charge on any atom is -0.322 e. The molecule has 0 radical (unpaired) electrons. The van der Waals surface area contributed by atoms with Crippen molar-refractivity contribution in [1.82, 2.24) is 9.78 Å². The van der Waals surface area contributed by atoms with E-state index in [1.807, 2.05) is 43.3 Å². The lowest BCUT2D eigenvalue weighted by molar-refractivity contribution is 0.101. The predicted octanol–water partition coefficient (Wildman–Crippen LogP) is 5.21. The summed E-state index contributed by atoms with van der Waals surface area (Å²) < 4.78 is 27.4. The van der Waals surface area contributed by atoms with Gasteiger partial charge in [-0.2, -0.15) is 5.10 Å². The number of thioether (sulfide) groups is 1. The van der Waals surface area contributed by atoms with Gasteiger partial charge in [-0.3, -0.25) is 9.48 Å². The molecule has 1 N–H and O–H groups in total. The quantitative estimate of drug-likeness (QED) is 0.591. The third-order valence-corrected chi connectivity index (χ3v) is 5.05. The van der Waals surface area contributed by atoms with Gasteiger partial charge in [0.25, 0.3) is 12.3 Å². The molecule has 0 aliphatic heterocycles. The van der Waals surface area contributed by atoms with Crippen LogP contribution in [0.5, 0.6) is 0 Å². The number of rotatable bonds is 6. The van der Waals surface area contributed by atoms with Crippen LogP contribution in [0.1, 0.15) is 33.6 Å². The number of amides is 1. The molecule has 1 amide bonds. The predicted molar refractivity (Wildman–Crippen MR) is 103 cm³/mol. The summed E-state index contributed by atoms with van der Waals surface area (Å²) in [5.74, 6) is 0.0556. The maximum Gasteiger partial charge on any atom is 0.282 e. The molecule has 7 heteroatoms. The fraction of sp³-hybridized carbons (Fsp3) is 0.200. The van der Waals surface area contributed by atoms with E-state index in [0.717, 1.165) is 10.5 Å². The third-order valence-electron chi connectivity index (χ3n) is 3.99. The summed E-state index contributed by atoms with van der Waals surface area (Å²) in [5, 5.41) is 6.42. The number of hydrogen-bond acceptors (Lipinski definition) is 3. The fourth-order valence-electron chi connectivity index (χ4n) is 2.60. The monoisotopic (exact) mass is 387 g/mol. The number of carbonyl (C=O) groups excluding carboxylic acids is 1. The average molecular weight is 387 g/mol. The van der Waals surface area contributed by atoms with Crippen LogP contribution in [0.2, 0.25) is 0 Å². The van der Waals surface area contributed by atoms with Gasteiger partial charge in [0, 0.05) is 29.6 Å². The molecule has 4 nitrogen and oxygen atoms in total. The number of hydrogen-bond donors (Lipinski definition) is 1. The fourth-order valence-corrected chi connectivity index (χ4v) is 3.50. The van der Waals surface area contributed by atoms with Crippen molar-refractivity contribution in [3.05, 3.63) is 77.1 Å². The van der Waals surface area contributed by atoms with Crippen LogP contribution in [-0.4, -0.2) is 15.7 Å². The molecule has 27 heavy (non-hydrogen) atoms. The molecule has 140 valence electrons. The lowest BCUT2D eigenvalue weighted by Crippen LogP contribution is -2.14. The zero-order valence-electron chi connectivity index (χ0n) is 14.9. The van der Waals surface area contributed by atoms with Gasteiger partial charge in [-0.15, -0.1) is 11.8 Å². The van der Waals surface area contributed by atoms with Gasteiger partial charge in [0.15, 0.2) is 0 Å². The van der Waals surface area contributed by atoms with Crippen LogP contribution in [0.25, 0.3) is 0 Å². The number of aromatic nitrogens is 2. The smallest absolute Gasteiger partial charge is 0.282 e. The number of aryl methyl sites for hydroxylation is 2. The van der Waals surface area contributed by atoms with Crippen molar-refractivity contribution >= 4 is 23.4 Å². The molecule has 0 fully saturated rings. The summed E-state index contributed by atoms with van der Waals surface area (Å²) >= 11 is 1.64. The van der Waals surface area contributed by atoms with E-state index in [0.29, 0.717) is 11.4 Å². The first-order valence-corrected chi connectivity index (χ1v) is 9.33. The lowest BCUT2D eigenvalue weighted by atomic mass is 10.2. The number of alkyl halides is 2. The number of nitrogens with one attached hydrogen (secondary N) is 1. The van der Waals surface area contributed by atoms with Gasteiger partial charge < -0.3 is 5.32 Å². The largest absolute Gasteiger partial charge is 0.322 e. The molecule has 0 bridgehead atoms. The maximum atomic E-state index is 13.1. The Balaban J connectivity index is 1.76. The molecule has 0 atom stereocenters. The lowest BCUT2D eigenvalue weighted by Gasteiger charge is -2.11. The van der Waals surface area contributed by atoms with Crippen molar-refractivity contribution in [1.29, 1.82) is 0 Å². The van der Waals surface area contributed by atoms with Gasteiger partial charge in [0.05, 0.1) is 5.56 Å². The second-order valence-electron chi connectivity index (χ2n) is 6.12. The third kappa shape index (κ3) is 4.74. The molecule has 3 aromatic rings. The Kier molecular flexibility index (Phi) is 5.91. The molecule has 0 saturated carbocycles. The minimum absolute atomic E-state index is 0.117. The topological polar surface area (TPSA) is 46.9 Å². The van der Waals surface area contributed by atoms with Crippen molar-refractivity contribution < 1.29 is 13.6 Å². The molecule has 0 saturated heterocycles. The maximum absolute atomic E-state index is 13.1. The Bertz CT molecular complexity index is 939. The molecule has 3 rings (SSSR count). The summed E-state index contributed by atoms with van der Waals surface area (Å²) in [4.78, 5) is 13.6. The van der Waals surface area contributed by atoms with E-state index < -0.39 is 18.0 Å². The van der Waals surface area contributed by atoms with E-state index in [1.165, 1.54) is 23.5 Å². The zero-order chi connectivity index (χ0) is 19.4. The van der Waals surface area contributed by atoms with Gasteiger partial charge in [-0.25, -0.2) is 8.78 Å². The summed E-state index contributed by atoms with van der Waals surface area (Å²) in [6.07, 6.45) is -1.50. The molecule has 0 aliphatic rings. The van der Waals surface area contributed by atoms with E-state index >= 15 is 0 Å². The number of halogens is 2. The number of anilines is 1. The number of para-hydroxylation sites is 1. The average Bonchev–Trinajstić information content (AvgIpc) is 3.05. The van der Waals surface area contributed by atoms with Crippen LogP contribution in [0.15, 0.2) is 59.6 Å². The van der Waals surface area contributed by atoms with Crippen molar-refractivity contribution in [3.8, 4) is 0 Å². The normalized spacial score (nSPS) is 11.0. The summed E-state index contributed by atoms with van der Waals surface area (Å²) in [6, 6.07) is 15.5. The van der Waals surface area contributed by atoms with Crippen molar-refractivity contribution in [2.45, 2.75) is 24.0 Å². The highest BCUT2D eigenvalue weighted by Gasteiger charge is 2.23. The SMILES string of the molecule is Cc1ccc(SCc2ccccc2NC(=O)c2cn(C)nc2C(F)F)cc1. The van der Waals surface area contributed by atoms with Crippen LogP contribution in [0, 0.1) is 6.92 Å². The van der Waals surface area contributed by atoms with Crippen LogP contribution < -0.4 is 5.32 Å². The molecule has 0 unspecified atom stereocenters. The van der Waals surface area contributed by atoms with Crippen LogP contribution in [0.4, 0.5) is 14.5 Å². The van der Waals surface area contributed by atoms with Crippen LogP contribution >= 0.6 is 11.8 Å². The first kappa shape index (κ1) is 19.1. The first-order chi connectivity index (χ1) is 12.9. The Morgan fingerprint density at radius 2 is 1.89 bits per heavy atom. The Hall–Kier alpha value is -2.67. The number of carbonyl (C=O) groups is 1. The van der Waals surface area contributed by atoms with Crippen LogP contribution in [-0.2, 0) is 12.8 Å². The van der Waals surface area contributed by atoms with E-state index in [1.54, 1.807) is 23.9 Å². The molecule has 1 heterocycles. The van der Waals surface area contributed by atoms with Gasteiger partial charge in [-0.1, -0.05) is 35.9 Å². The molecule has 2 aromatic carbocycles. The van der Waals surface area contributed by atoms with Gasteiger partial charge in [0.1, 0.15) is 5.69 Å². The first-order valence-electron chi connectivity index (χ1n) is 8.34. The summed E-state index contributed by atoms with van der Waals surface area (Å²) in [6.45, 7) is 2.03. The Morgan fingerprint density at radius 3 is 2.59 bits per heavy atom. The summed E-state index contributed by atoms with van der Waals surface area (Å²) in [7, 11) is 1.51. The Labute approximate surface area is 160 Å². The van der Waals surface area contributed by atoms with Gasteiger partial charge in [-0.05, 0) is 30.7 Å². The van der Waals surface area contributed by atoms with E-state index in [2.05, 4.69) is 10.4 Å². The second kappa shape index (κ2) is 8.35. The second-order valence-corrected chi connectivity index (χ2v) is 7.16. The zero-order valence-corrected chi connectivity index (χ0v) is 15.8. The standard InChI is InChI=1S/C20H19F2N3OS/c1-13-7-9-15(10-8-13)27-12-14-5-3-4-6-17(14)23-20(26)16-11-25(2)24-18(16)19(21)22/h3-11,19H,12H2,1-2H3,(H,23,26). The van der Waals surface area contributed by atoms with E-state index in [9.17, 15) is 13.6 Å². The van der Waals surface area contributed by atoms with Crippen molar-refractivity contribution in [2.75, 3.05) is 5.32 Å². The molecule has 1 aromatic heterocycles. The molecular weight excluding hydrogens is 368 g/mol. The number of nitrogens with zero attached hydrogens (tertiary/aromatic N) is 2. The highest BCUT2D eigenvalue weighted by atomic mass is 32.2. The summed E-state index contributed by atoms with van der Waals surface area (Å²) in [5.41, 5.74) is 2.08. The molecule has 0 aliphatic carbocycles. The highest BCUT2D eigenvalue weighted by molar-refractivity contribution is 7.98. The molecule has 0 spiro atoms. The minimum atomic E-state index is -2.81. The van der Waals surface area contributed by atoms with Gasteiger partial charge in [0.2, 0.25) is 0 Å². The molecular formula is C20H19F2N3OS. The Morgan fingerprint density at radius 1 is 1.19 bits per heavy atom.